The predicted octanol–water partition coefficient (Wildman–Crippen LogP) is 4.33. The summed E-state index contributed by atoms with van der Waals surface area (Å²) in [5, 5.41) is 0. The van der Waals surface area contributed by atoms with Gasteiger partial charge in [-0.05, 0) is 61.4 Å². The van der Waals surface area contributed by atoms with Crippen LogP contribution in [-0.2, 0) is 19.0 Å². The van der Waals surface area contributed by atoms with E-state index in [1.54, 1.807) is 16.8 Å². The summed E-state index contributed by atoms with van der Waals surface area (Å²) in [5.74, 6) is -0.0157. The minimum Gasteiger partial charge on any atom is -0.371 e. The number of pyridine rings is 1. The quantitative estimate of drug-likeness (QED) is 0.766. The first-order chi connectivity index (χ1) is 13.8. The van der Waals surface area contributed by atoms with Gasteiger partial charge in [-0.2, -0.15) is 13.2 Å². The van der Waals surface area contributed by atoms with Crippen molar-refractivity contribution in [2.75, 3.05) is 25.0 Å². The number of alkyl halides is 3. The van der Waals surface area contributed by atoms with E-state index in [1.807, 2.05) is 18.2 Å². The van der Waals surface area contributed by atoms with Gasteiger partial charge < -0.3 is 9.80 Å². The summed E-state index contributed by atoms with van der Waals surface area (Å²) in [7, 11) is 1.80. The standard InChI is InChI=1S/C22H24F3N3O/c1-27(21(29)17-6-5-15-3-2-4-16(15)13-17)18-8-11-28(12-9-18)20-7-10-26-14-19(20)22(23,24)25/h5-7,10,13-14,18H,2-4,8-9,11-12H2,1H3. The molecular formula is C22H24F3N3O. The summed E-state index contributed by atoms with van der Waals surface area (Å²) in [6, 6.07) is 7.38. The molecule has 4 nitrogen and oxygen atoms in total. The summed E-state index contributed by atoms with van der Waals surface area (Å²) >= 11 is 0. The topological polar surface area (TPSA) is 36.4 Å². The molecule has 1 amide bonds. The van der Waals surface area contributed by atoms with Crippen LogP contribution < -0.4 is 4.90 Å². The second-order valence-electron chi connectivity index (χ2n) is 7.86. The van der Waals surface area contributed by atoms with E-state index in [9.17, 15) is 18.0 Å². The van der Waals surface area contributed by atoms with Crippen LogP contribution in [0.2, 0.25) is 0 Å². The van der Waals surface area contributed by atoms with Gasteiger partial charge in [0.1, 0.15) is 0 Å². The van der Waals surface area contributed by atoms with E-state index in [0.29, 0.717) is 31.5 Å². The third-order valence-electron chi connectivity index (χ3n) is 6.12. The van der Waals surface area contributed by atoms with Crippen LogP contribution >= 0.6 is 0 Å². The fourth-order valence-corrected chi connectivity index (χ4v) is 4.45. The van der Waals surface area contributed by atoms with Crippen LogP contribution in [0, 0.1) is 0 Å². The molecule has 0 radical (unpaired) electrons. The van der Waals surface area contributed by atoms with Crippen molar-refractivity contribution < 1.29 is 18.0 Å². The van der Waals surface area contributed by atoms with Crippen LogP contribution in [0.25, 0.3) is 0 Å². The molecule has 1 aliphatic heterocycles. The lowest BCUT2D eigenvalue weighted by Gasteiger charge is -2.38. The van der Waals surface area contributed by atoms with Crippen LogP contribution in [-0.4, -0.2) is 42.0 Å². The smallest absolute Gasteiger partial charge is 0.371 e. The maximum absolute atomic E-state index is 13.3. The minimum absolute atomic E-state index is 0.0157. The zero-order chi connectivity index (χ0) is 20.6. The van der Waals surface area contributed by atoms with E-state index in [2.05, 4.69) is 4.98 Å². The lowest BCUT2D eigenvalue weighted by atomic mass is 10.00. The number of hydrogen-bond donors (Lipinski definition) is 0. The first-order valence-electron chi connectivity index (χ1n) is 9.99. The number of benzene rings is 1. The Hall–Kier alpha value is -2.57. The van der Waals surface area contributed by atoms with Gasteiger partial charge in [-0.1, -0.05) is 6.07 Å². The van der Waals surface area contributed by atoms with Crippen molar-refractivity contribution in [3.8, 4) is 0 Å². The highest BCUT2D eigenvalue weighted by Gasteiger charge is 2.36. The van der Waals surface area contributed by atoms with E-state index in [4.69, 9.17) is 0 Å². The maximum atomic E-state index is 13.3. The summed E-state index contributed by atoms with van der Waals surface area (Å²) in [6.07, 6.45) is 2.33. The third-order valence-corrected chi connectivity index (χ3v) is 6.12. The molecule has 1 aromatic heterocycles. The average molecular weight is 403 g/mol. The number of hydrogen-bond acceptors (Lipinski definition) is 3. The molecule has 2 aliphatic rings. The second kappa shape index (κ2) is 7.69. The van der Waals surface area contributed by atoms with Crippen molar-refractivity contribution in [1.82, 2.24) is 9.88 Å². The van der Waals surface area contributed by atoms with Crippen molar-refractivity contribution in [3.63, 3.8) is 0 Å². The van der Waals surface area contributed by atoms with Gasteiger partial charge in [-0.25, -0.2) is 0 Å². The Morgan fingerprint density at radius 1 is 1.14 bits per heavy atom. The molecule has 0 saturated carbocycles. The van der Waals surface area contributed by atoms with Crippen LogP contribution in [0.5, 0.6) is 0 Å². The number of amides is 1. The maximum Gasteiger partial charge on any atom is 0.419 e. The highest BCUT2D eigenvalue weighted by Crippen LogP contribution is 2.37. The molecule has 154 valence electrons. The van der Waals surface area contributed by atoms with Crippen LogP contribution in [0.15, 0.2) is 36.7 Å². The van der Waals surface area contributed by atoms with Gasteiger partial charge >= 0.3 is 6.18 Å². The van der Waals surface area contributed by atoms with E-state index < -0.39 is 11.7 Å². The average Bonchev–Trinajstić information content (AvgIpc) is 3.20. The molecule has 4 rings (SSSR count). The molecule has 1 aliphatic carbocycles. The van der Waals surface area contributed by atoms with E-state index in [-0.39, 0.29) is 17.6 Å². The number of aromatic nitrogens is 1. The highest BCUT2D eigenvalue weighted by atomic mass is 19.4. The fourth-order valence-electron chi connectivity index (χ4n) is 4.45. The van der Waals surface area contributed by atoms with Crippen LogP contribution in [0.3, 0.4) is 0 Å². The van der Waals surface area contributed by atoms with Crippen molar-refractivity contribution in [2.45, 2.75) is 44.3 Å². The fraction of sp³-hybridized carbons (Fsp3) is 0.455. The SMILES string of the molecule is CN(C(=O)c1ccc2c(c1)CCC2)C1CCN(c2ccncc2C(F)(F)F)CC1. The minimum atomic E-state index is -4.43. The second-order valence-corrected chi connectivity index (χ2v) is 7.86. The Bertz CT molecular complexity index is 904. The summed E-state index contributed by atoms with van der Waals surface area (Å²) < 4.78 is 39.8. The zero-order valence-electron chi connectivity index (χ0n) is 16.4. The number of anilines is 1. The summed E-state index contributed by atoms with van der Waals surface area (Å²) in [5.41, 5.74) is 2.75. The first kappa shape index (κ1) is 19.7. The molecule has 0 atom stereocenters. The van der Waals surface area contributed by atoms with Crippen molar-refractivity contribution in [1.29, 1.82) is 0 Å². The molecule has 7 heteroatoms. The molecule has 0 N–H and O–H groups in total. The Kier molecular flexibility index (Phi) is 5.23. The van der Waals surface area contributed by atoms with Gasteiger partial charge in [0.15, 0.2) is 0 Å². The van der Waals surface area contributed by atoms with Crippen LogP contribution in [0.4, 0.5) is 18.9 Å². The number of fused-ring (bicyclic) bond motifs is 1. The Morgan fingerprint density at radius 2 is 1.86 bits per heavy atom. The molecule has 2 aromatic rings. The molecule has 1 aromatic carbocycles. The number of carbonyl (C=O) groups is 1. The molecular weight excluding hydrogens is 379 g/mol. The lowest BCUT2D eigenvalue weighted by Crippen LogP contribution is -2.46. The van der Waals surface area contributed by atoms with Crippen LogP contribution in [0.1, 0.15) is 46.3 Å². The largest absolute Gasteiger partial charge is 0.419 e. The highest BCUT2D eigenvalue weighted by molar-refractivity contribution is 5.94. The number of nitrogens with zero attached hydrogens (tertiary/aromatic N) is 3. The third kappa shape index (κ3) is 3.95. The number of halogens is 3. The molecule has 2 heterocycles. The van der Waals surface area contributed by atoms with Gasteiger partial charge in [-0.3, -0.25) is 9.78 Å². The monoisotopic (exact) mass is 403 g/mol. The van der Waals surface area contributed by atoms with Gasteiger partial charge in [0.25, 0.3) is 5.91 Å². The molecule has 1 fully saturated rings. The molecule has 0 bridgehead atoms. The zero-order valence-corrected chi connectivity index (χ0v) is 16.4. The molecule has 0 unspecified atom stereocenters. The van der Waals surface area contributed by atoms with E-state index in [1.165, 1.54) is 23.4 Å². The van der Waals surface area contributed by atoms with Gasteiger partial charge in [0.05, 0.1) is 11.3 Å². The van der Waals surface area contributed by atoms with Gasteiger partial charge in [-0.15, -0.1) is 0 Å². The molecule has 29 heavy (non-hydrogen) atoms. The number of aryl methyl sites for hydroxylation is 2. The van der Waals surface area contributed by atoms with E-state index in [0.717, 1.165) is 25.5 Å². The van der Waals surface area contributed by atoms with Gasteiger partial charge in [0.2, 0.25) is 0 Å². The lowest BCUT2D eigenvalue weighted by molar-refractivity contribution is -0.137. The van der Waals surface area contributed by atoms with Gasteiger partial charge in [0, 0.05) is 44.1 Å². The van der Waals surface area contributed by atoms with Crippen molar-refractivity contribution in [2.24, 2.45) is 0 Å². The Morgan fingerprint density at radius 3 is 2.59 bits per heavy atom. The summed E-state index contributed by atoms with van der Waals surface area (Å²) in [4.78, 5) is 20.1. The summed E-state index contributed by atoms with van der Waals surface area (Å²) in [6.45, 7) is 0.944. The Balaban J connectivity index is 1.43. The van der Waals surface area contributed by atoms with E-state index >= 15 is 0 Å². The molecule has 0 spiro atoms. The molecule has 1 saturated heterocycles. The van der Waals surface area contributed by atoms with Crippen molar-refractivity contribution >= 4 is 11.6 Å². The normalized spacial score (nSPS) is 17.3. The van der Waals surface area contributed by atoms with Crippen molar-refractivity contribution in [3.05, 3.63) is 58.9 Å². The predicted molar refractivity (Wildman–Crippen MR) is 105 cm³/mol. The number of carbonyl (C=O) groups excluding carboxylic acids is 1. The first-order valence-corrected chi connectivity index (χ1v) is 9.99. The Labute approximate surface area is 168 Å². The number of rotatable bonds is 3. The number of piperidine rings is 1.